The van der Waals surface area contributed by atoms with Crippen LogP contribution in [0.15, 0.2) is 18.5 Å². The van der Waals surface area contributed by atoms with Crippen LogP contribution in [0, 0.1) is 0 Å². The highest BCUT2D eigenvalue weighted by atomic mass is 16.5. The van der Waals surface area contributed by atoms with Gasteiger partial charge in [-0.3, -0.25) is 4.79 Å². The van der Waals surface area contributed by atoms with Gasteiger partial charge in [-0.2, -0.15) is 4.98 Å². The number of aromatic nitrogens is 4. The number of nitrogens with two attached hydrogens (primary N) is 1. The fraction of sp³-hybridized carbons (Fsp3) is 0.550. The Balaban J connectivity index is 1.58. The first kappa shape index (κ1) is 20.3. The lowest BCUT2D eigenvalue weighted by atomic mass is 9.88. The van der Waals surface area contributed by atoms with Crippen LogP contribution >= 0.6 is 0 Å². The fourth-order valence-corrected chi connectivity index (χ4v) is 3.62. The van der Waals surface area contributed by atoms with E-state index in [1.165, 1.54) is 0 Å². The zero-order valence-corrected chi connectivity index (χ0v) is 17.5. The summed E-state index contributed by atoms with van der Waals surface area (Å²) in [6.45, 7) is 5.61. The lowest BCUT2D eigenvalue weighted by molar-refractivity contribution is -0.133. The Hall–Kier alpha value is -3.01. The average Bonchev–Trinajstić information content (AvgIpc) is 2.70. The van der Waals surface area contributed by atoms with E-state index in [0.717, 1.165) is 18.4 Å². The van der Waals surface area contributed by atoms with Crippen LogP contribution in [0.3, 0.4) is 0 Å². The van der Waals surface area contributed by atoms with Crippen molar-refractivity contribution < 1.29 is 14.3 Å². The maximum absolute atomic E-state index is 11.5. The van der Waals surface area contributed by atoms with Gasteiger partial charge >= 0.3 is 0 Å². The molecule has 0 spiro atoms. The van der Waals surface area contributed by atoms with E-state index in [4.69, 9.17) is 20.2 Å². The first-order valence-corrected chi connectivity index (χ1v) is 10.1. The number of morpholine rings is 1. The number of carbonyl (C=O) groups is 1. The summed E-state index contributed by atoms with van der Waals surface area (Å²) in [5.74, 6) is 1.36. The number of nitrogens with zero attached hydrogens (tertiary/aromatic N) is 6. The molecule has 0 radical (unpaired) electrons. The number of amides is 1. The predicted molar refractivity (Wildman–Crippen MR) is 111 cm³/mol. The molecular weight excluding hydrogens is 386 g/mol. The van der Waals surface area contributed by atoms with E-state index in [9.17, 15) is 4.79 Å². The molecular formula is C20H27N7O3. The van der Waals surface area contributed by atoms with Crippen LogP contribution < -0.4 is 15.4 Å². The van der Waals surface area contributed by atoms with Gasteiger partial charge < -0.3 is 25.0 Å². The van der Waals surface area contributed by atoms with E-state index in [0.29, 0.717) is 37.3 Å². The summed E-state index contributed by atoms with van der Waals surface area (Å²) in [4.78, 5) is 33.0. The molecule has 160 valence electrons. The van der Waals surface area contributed by atoms with Crippen molar-refractivity contribution in [1.82, 2.24) is 24.8 Å². The monoisotopic (exact) mass is 413 g/mol. The molecule has 2 N–H and O–H groups in total. The van der Waals surface area contributed by atoms with Crippen LogP contribution in [0.4, 0.5) is 11.9 Å². The zero-order chi connectivity index (χ0) is 21.3. The second-order valence-electron chi connectivity index (χ2n) is 7.83. The SMILES string of the molecule is CC(=O)N(C)C1CC(Oc2cc(-c3cnc(N)nc3)nc(N3CCOCC3C)n2)C1. The van der Waals surface area contributed by atoms with Gasteiger partial charge in [0, 0.05) is 63.4 Å². The standard InChI is InChI=1S/C20H27N7O3/c1-12-11-29-5-4-27(12)20-24-17(14-9-22-19(21)23-10-14)8-18(25-20)30-16-6-15(7-16)26(3)13(2)28/h8-10,12,15-16H,4-7,11H2,1-3H3,(H2,21,22,23). The fourth-order valence-electron chi connectivity index (χ4n) is 3.62. The quantitative estimate of drug-likeness (QED) is 0.769. The summed E-state index contributed by atoms with van der Waals surface area (Å²) in [6.07, 6.45) is 4.86. The van der Waals surface area contributed by atoms with E-state index in [1.807, 2.05) is 7.05 Å². The molecule has 2 aliphatic rings. The summed E-state index contributed by atoms with van der Waals surface area (Å²) in [7, 11) is 1.82. The first-order chi connectivity index (χ1) is 14.4. The molecule has 10 heteroatoms. The van der Waals surface area contributed by atoms with Crippen molar-refractivity contribution in [1.29, 1.82) is 0 Å². The maximum atomic E-state index is 11.5. The minimum atomic E-state index is 0.0113. The van der Waals surface area contributed by atoms with E-state index in [1.54, 1.807) is 30.3 Å². The summed E-state index contributed by atoms with van der Waals surface area (Å²) in [5, 5.41) is 0. The molecule has 1 saturated heterocycles. The molecule has 2 aromatic heterocycles. The molecule has 2 fully saturated rings. The smallest absolute Gasteiger partial charge is 0.229 e. The Morgan fingerprint density at radius 3 is 2.70 bits per heavy atom. The molecule has 1 aliphatic carbocycles. The van der Waals surface area contributed by atoms with Crippen LogP contribution in [0.5, 0.6) is 5.88 Å². The number of hydrogen-bond acceptors (Lipinski definition) is 9. The van der Waals surface area contributed by atoms with E-state index >= 15 is 0 Å². The van der Waals surface area contributed by atoms with Gasteiger partial charge in [-0.05, 0) is 6.92 Å². The second-order valence-corrected chi connectivity index (χ2v) is 7.83. The molecule has 1 atom stereocenters. The zero-order valence-electron chi connectivity index (χ0n) is 17.5. The van der Waals surface area contributed by atoms with Crippen molar-refractivity contribution >= 4 is 17.8 Å². The molecule has 4 rings (SSSR count). The third kappa shape index (κ3) is 4.28. The largest absolute Gasteiger partial charge is 0.474 e. The molecule has 10 nitrogen and oxygen atoms in total. The number of nitrogen functional groups attached to an aromatic ring is 1. The molecule has 1 amide bonds. The highest BCUT2D eigenvalue weighted by Crippen LogP contribution is 2.31. The Morgan fingerprint density at radius 2 is 2.03 bits per heavy atom. The van der Waals surface area contributed by atoms with Crippen molar-refractivity contribution in [2.45, 2.75) is 44.9 Å². The third-order valence-electron chi connectivity index (χ3n) is 5.68. The highest BCUT2D eigenvalue weighted by molar-refractivity contribution is 5.73. The van der Waals surface area contributed by atoms with Crippen LogP contribution in [-0.2, 0) is 9.53 Å². The van der Waals surface area contributed by atoms with Gasteiger partial charge in [-0.1, -0.05) is 0 Å². The van der Waals surface area contributed by atoms with Gasteiger partial charge in [-0.25, -0.2) is 15.0 Å². The predicted octanol–water partition coefficient (Wildman–Crippen LogP) is 1.13. The van der Waals surface area contributed by atoms with Gasteiger partial charge in [0.05, 0.1) is 24.9 Å². The van der Waals surface area contributed by atoms with Crippen LogP contribution in [0.2, 0.25) is 0 Å². The molecule has 2 aromatic rings. The normalized spacial score (nSPS) is 23.6. The number of carbonyl (C=O) groups excluding carboxylic acids is 1. The van der Waals surface area contributed by atoms with Crippen molar-refractivity contribution in [3.05, 3.63) is 18.5 Å². The Labute approximate surface area is 175 Å². The number of anilines is 2. The minimum Gasteiger partial charge on any atom is -0.474 e. The van der Waals surface area contributed by atoms with Crippen LogP contribution in [0.25, 0.3) is 11.3 Å². The van der Waals surface area contributed by atoms with Crippen molar-refractivity contribution in [2.75, 3.05) is 37.4 Å². The second kappa shape index (κ2) is 8.39. The maximum Gasteiger partial charge on any atom is 0.229 e. The molecule has 0 bridgehead atoms. The summed E-state index contributed by atoms with van der Waals surface area (Å²) >= 11 is 0. The highest BCUT2D eigenvalue weighted by Gasteiger charge is 2.35. The van der Waals surface area contributed by atoms with E-state index in [-0.39, 0.29) is 30.0 Å². The lowest BCUT2D eigenvalue weighted by Crippen LogP contribution is -2.49. The summed E-state index contributed by atoms with van der Waals surface area (Å²) in [6, 6.07) is 2.16. The molecule has 1 aliphatic heterocycles. The number of hydrogen-bond donors (Lipinski definition) is 1. The topological polar surface area (TPSA) is 120 Å². The molecule has 3 heterocycles. The minimum absolute atomic E-state index is 0.0113. The Bertz CT molecular complexity index is 902. The van der Waals surface area contributed by atoms with Crippen molar-refractivity contribution in [2.24, 2.45) is 0 Å². The Kier molecular flexibility index (Phi) is 5.67. The van der Waals surface area contributed by atoms with Crippen molar-refractivity contribution in [3.63, 3.8) is 0 Å². The molecule has 1 saturated carbocycles. The Morgan fingerprint density at radius 1 is 1.30 bits per heavy atom. The summed E-state index contributed by atoms with van der Waals surface area (Å²) in [5.41, 5.74) is 7.03. The number of ether oxygens (including phenoxy) is 2. The van der Waals surface area contributed by atoms with E-state index in [2.05, 4.69) is 26.8 Å². The molecule has 30 heavy (non-hydrogen) atoms. The number of rotatable bonds is 5. The van der Waals surface area contributed by atoms with E-state index < -0.39 is 0 Å². The van der Waals surface area contributed by atoms with Crippen LogP contribution in [0.1, 0.15) is 26.7 Å². The lowest BCUT2D eigenvalue weighted by Gasteiger charge is -2.40. The molecule has 1 unspecified atom stereocenters. The summed E-state index contributed by atoms with van der Waals surface area (Å²) < 4.78 is 11.7. The van der Waals surface area contributed by atoms with Gasteiger partial charge in [0.2, 0.25) is 23.7 Å². The average molecular weight is 413 g/mol. The third-order valence-corrected chi connectivity index (χ3v) is 5.68. The first-order valence-electron chi connectivity index (χ1n) is 10.1. The van der Waals surface area contributed by atoms with Gasteiger partial charge in [-0.15, -0.1) is 0 Å². The van der Waals surface area contributed by atoms with Gasteiger partial charge in [0.25, 0.3) is 0 Å². The van der Waals surface area contributed by atoms with Crippen LogP contribution in [-0.4, -0.2) is 75.7 Å². The molecule has 0 aromatic carbocycles. The van der Waals surface area contributed by atoms with Gasteiger partial charge in [0.1, 0.15) is 6.10 Å². The van der Waals surface area contributed by atoms with Gasteiger partial charge in [0.15, 0.2) is 0 Å². The van der Waals surface area contributed by atoms with Crippen molar-refractivity contribution in [3.8, 4) is 17.1 Å².